The largest absolute Gasteiger partial charge is 0.370 e. The zero-order chi connectivity index (χ0) is 13.8. The van der Waals surface area contributed by atoms with Crippen molar-refractivity contribution in [2.24, 2.45) is 5.73 Å². The Labute approximate surface area is 117 Å². The quantitative estimate of drug-likeness (QED) is 0.906. The molecule has 0 spiro atoms. The summed E-state index contributed by atoms with van der Waals surface area (Å²) < 4.78 is 0. The van der Waals surface area contributed by atoms with Gasteiger partial charge >= 0.3 is 0 Å². The third kappa shape index (κ3) is 3.28. The molecule has 1 aromatic carbocycles. The molecule has 106 valence electrons. The van der Waals surface area contributed by atoms with Crippen LogP contribution in [0.2, 0.25) is 0 Å². The van der Waals surface area contributed by atoms with Crippen molar-refractivity contribution < 1.29 is 0 Å². The molecule has 1 aliphatic rings. The molecular formula is C16H27N3. The Balaban J connectivity index is 2.25. The van der Waals surface area contributed by atoms with Gasteiger partial charge in [0.1, 0.15) is 0 Å². The van der Waals surface area contributed by atoms with E-state index in [1.807, 2.05) is 0 Å². The molecular weight excluding hydrogens is 234 g/mol. The van der Waals surface area contributed by atoms with E-state index in [1.54, 1.807) is 0 Å². The van der Waals surface area contributed by atoms with E-state index in [0.29, 0.717) is 12.0 Å². The molecule has 2 N–H and O–H groups in total. The van der Waals surface area contributed by atoms with Crippen molar-refractivity contribution in [3.8, 4) is 0 Å². The second-order valence-corrected chi connectivity index (χ2v) is 5.88. The Bertz CT molecular complexity index is 403. The van der Waals surface area contributed by atoms with Gasteiger partial charge in [0.25, 0.3) is 0 Å². The Morgan fingerprint density at radius 1 is 1.26 bits per heavy atom. The number of rotatable bonds is 3. The summed E-state index contributed by atoms with van der Waals surface area (Å²) in [6, 6.07) is 9.26. The molecule has 19 heavy (non-hydrogen) atoms. The lowest BCUT2D eigenvalue weighted by molar-refractivity contribution is 0.266. The summed E-state index contributed by atoms with van der Waals surface area (Å²) in [7, 11) is 2.19. The molecule has 1 heterocycles. The van der Waals surface area contributed by atoms with E-state index in [9.17, 15) is 0 Å². The van der Waals surface area contributed by atoms with Gasteiger partial charge in [-0.3, -0.25) is 0 Å². The average molecular weight is 261 g/mol. The number of hydrogen-bond donors (Lipinski definition) is 1. The van der Waals surface area contributed by atoms with Crippen molar-refractivity contribution in [2.75, 3.05) is 38.1 Å². The Hall–Kier alpha value is -1.06. The van der Waals surface area contributed by atoms with E-state index in [2.05, 4.69) is 55.0 Å². The van der Waals surface area contributed by atoms with Crippen LogP contribution in [0.15, 0.2) is 24.3 Å². The Morgan fingerprint density at radius 3 is 2.68 bits per heavy atom. The number of hydrogen-bond acceptors (Lipinski definition) is 3. The predicted molar refractivity (Wildman–Crippen MR) is 82.8 cm³/mol. The van der Waals surface area contributed by atoms with Crippen LogP contribution in [0.1, 0.15) is 31.7 Å². The third-order valence-corrected chi connectivity index (χ3v) is 4.16. The highest BCUT2D eigenvalue weighted by atomic mass is 15.2. The SMILES string of the molecule is CC(C)c1ccccc1N1CCCN(C)C(CN)C1. The minimum Gasteiger partial charge on any atom is -0.370 e. The van der Waals surface area contributed by atoms with Crippen LogP contribution in [-0.2, 0) is 0 Å². The van der Waals surface area contributed by atoms with Gasteiger partial charge in [-0.15, -0.1) is 0 Å². The van der Waals surface area contributed by atoms with E-state index in [-0.39, 0.29) is 0 Å². The van der Waals surface area contributed by atoms with Crippen LogP contribution < -0.4 is 10.6 Å². The zero-order valence-corrected chi connectivity index (χ0v) is 12.5. The van der Waals surface area contributed by atoms with E-state index in [4.69, 9.17) is 5.73 Å². The smallest absolute Gasteiger partial charge is 0.0401 e. The van der Waals surface area contributed by atoms with Gasteiger partial charge in [0.2, 0.25) is 0 Å². The molecule has 1 saturated heterocycles. The van der Waals surface area contributed by atoms with Crippen molar-refractivity contribution in [3.63, 3.8) is 0 Å². The van der Waals surface area contributed by atoms with Crippen molar-refractivity contribution in [3.05, 3.63) is 29.8 Å². The molecule has 3 heteroatoms. The summed E-state index contributed by atoms with van der Waals surface area (Å²) >= 11 is 0. The lowest BCUT2D eigenvalue weighted by Gasteiger charge is -2.31. The van der Waals surface area contributed by atoms with Crippen LogP contribution in [0.3, 0.4) is 0 Å². The minimum atomic E-state index is 0.461. The summed E-state index contributed by atoms with van der Waals surface area (Å²) in [6.45, 7) is 8.58. The normalized spacial score (nSPS) is 21.7. The lowest BCUT2D eigenvalue weighted by Crippen LogP contribution is -2.44. The van der Waals surface area contributed by atoms with Gasteiger partial charge in [0, 0.05) is 31.4 Å². The highest BCUT2D eigenvalue weighted by Gasteiger charge is 2.22. The van der Waals surface area contributed by atoms with Gasteiger partial charge in [0.05, 0.1) is 0 Å². The van der Waals surface area contributed by atoms with Crippen LogP contribution in [0, 0.1) is 0 Å². The first-order chi connectivity index (χ1) is 9.13. The summed E-state index contributed by atoms with van der Waals surface area (Å²) in [5, 5.41) is 0. The first-order valence-electron chi connectivity index (χ1n) is 7.37. The van der Waals surface area contributed by atoms with Crippen molar-refractivity contribution in [1.82, 2.24) is 4.90 Å². The second-order valence-electron chi connectivity index (χ2n) is 5.88. The molecule has 0 bridgehead atoms. The molecule has 0 aliphatic carbocycles. The fourth-order valence-electron chi connectivity index (χ4n) is 2.92. The van der Waals surface area contributed by atoms with Gasteiger partial charge in [0.15, 0.2) is 0 Å². The average Bonchev–Trinajstić information content (AvgIpc) is 2.60. The maximum absolute atomic E-state index is 5.93. The zero-order valence-electron chi connectivity index (χ0n) is 12.5. The van der Waals surface area contributed by atoms with Crippen LogP contribution in [0.5, 0.6) is 0 Å². The van der Waals surface area contributed by atoms with Gasteiger partial charge in [-0.1, -0.05) is 32.0 Å². The highest BCUT2D eigenvalue weighted by Crippen LogP contribution is 2.28. The first-order valence-corrected chi connectivity index (χ1v) is 7.37. The minimum absolute atomic E-state index is 0.461. The molecule has 0 saturated carbocycles. The third-order valence-electron chi connectivity index (χ3n) is 4.16. The first kappa shape index (κ1) is 14.4. The van der Waals surface area contributed by atoms with E-state index in [1.165, 1.54) is 17.7 Å². The fourth-order valence-corrected chi connectivity index (χ4v) is 2.92. The topological polar surface area (TPSA) is 32.5 Å². The number of nitrogens with two attached hydrogens (primary N) is 1. The van der Waals surface area contributed by atoms with Crippen LogP contribution >= 0.6 is 0 Å². The predicted octanol–water partition coefficient (Wildman–Crippen LogP) is 2.28. The van der Waals surface area contributed by atoms with Crippen LogP contribution in [-0.4, -0.2) is 44.2 Å². The van der Waals surface area contributed by atoms with Crippen LogP contribution in [0.25, 0.3) is 0 Å². The Kier molecular flexibility index (Phi) is 4.83. The van der Waals surface area contributed by atoms with E-state index >= 15 is 0 Å². The van der Waals surface area contributed by atoms with Crippen molar-refractivity contribution >= 4 is 5.69 Å². The molecule has 1 atom stereocenters. The van der Waals surface area contributed by atoms with Gasteiger partial charge in [-0.05, 0) is 37.6 Å². The number of nitrogens with zero attached hydrogens (tertiary/aromatic N) is 2. The van der Waals surface area contributed by atoms with Gasteiger partial charge in [-0.25, -0.2) is 0 Å². The van der Waals surface area contributed by atoms with E-state index < -0.39 is 0 Å². The van der Waals surface area contributed by atoms with Crippen LogP contribution in [0.4, 0.5) is 5.69 Å². The molecule has 2 rings (SSSR count). The molecule has 1 unspecified atom stereocenters. The van der Waals surface area contributed by atoms with Gasteiger partial charge < -0.3 is 15.5 Å². The molecule has 0 aromatic heterocycles. The summed E-state index contributed by atoms with van der Waals surface area (Å²) in [4.78, 5) is 4.92. The second kappa shape index (κ2) is 6.40. The maximum Gasteiger partial charge on any atom is 0.0401 e. The van der Waals surface area contributed by atoms with E-state index in [0.717, 1.165) is 26.2 Å². The lowest BCUT2D eigenvalue weighted by atomic mass is 10.00. The maximum atomic E-state index is 5.93. The summed E-state index contributed by atoms with van der Waals surface area (Å²) in [5.41, 5.74) is 8.77. The number of anilines is 1. The van der Waals surface area contributed by atoms with Crippen molar-refractivity contribution in [2.45, 2.75) is 32.2 Å². The molecule has 0 radical (unpaired) electrons. The Morgan fingerprint density at radius 2 is 2.00 bits per heavy atom. The molecule has 1 aliphatic heterocycles. The molecule has 1 fully saturated rings. The monoisotopic (exact) mass is 261 g/mol. The number of para-hydroxylation sites is 1. The number of benzene rings is 1. The highest BCUT2D eigenvalue weighted by molar-refractivity contribution is 5.55. The van der Waals surface area contributed by atoms with Gasteiger partial charge in [-0.2, -0.15) is 0 Å². The summed E-state index contributed by atoms with van der Waals surface area (Å²) in [5.74, 6) is 0.563. The molecule has 0 amide bonds. The summed E-state index contributed by atoms with van der Waals surface area (Å²) in [6.07, 6.45) is 1.21. The standard InChI is InChI=1S/C16H27N3/c1-13(2)15-7-4-5-8-16(15)19-10-6-9-18(3)14(11-17)12-19/h4-5,7-8,13-14H,6,9-12,17H2,1-3H3. The molecule has 3 nitrogen and oxygen atoms in total. The fraction of sp³-hybridized carbons (Fsp3) is 0.625. The molecule has 1 aromatic rings. The van der Waals surface area contributed by atoms with Crippen molar-refractivity contribution in [1.29, 1.82) is 0 Å². The number of likely N-dealkylation sites (N-methyl/N-ethyl adjacent to an activating group) is 1.